The largest absolute Gasteiger partial charge is 0.466 e. The molecule has 2 amide bonds. The van der Waals surface area contributed by atoms with Gasteiger partial charge in [0.15, 0.2) is 5.16 Å². The molecular weight excluding hydrogens is 416 g/mol. The number of aromatic nitrogens is 2. The van der Waals surface area contributed by atoms with E-state index in [1.165, 1.54) is 16.7 Å². The molecule has 0 spiro atoms. The van der Waals surface area contributed by atoms with E-state index < -0.39 is 0 Å². The molecule has 0 saturated carbocycles. The molecule has 8 nitrogen and oxygen atoms in total. The Kier molecular flexibility index (Phi) is 7.73. The van der Waals surface area contributed by atoms with Crippen molar-refractivity contribution in [2.45, 2.75) is 24.9 Å². The molecule has 3 rings (SSSR count). The van der Waals surface area contributed by atoms with Gasteiger partial charge in [-0.05, 0) is 38.2 Å². The van der Waals surface area contributed by atoms with E-state index in [2.05, 4.69) is 4.98 Å². The fourth-order valence-corrected chi connectivity index (χ4v) is 4.23. The van der Waals surface area contributed by atoms with E-state index in [0.717, 1.165) is 12.1 Å². The van der Waals surface area contributed by atoms with E-state index in [1.54, 1.807) is 29.6 Å². The lowest BCUT2D eigenvalue weighted by Crippen LogP contribution is -2.47. The van der Waals surface area contributed by atoms with Crippen molar-refractivity contribution in [3.63, 3.8) is 0 Å². The molecule has 1 unspecified atom stereocenters. The number of likely N-dealkylation sites (N-methyl/N-ethyl adjacent to an activating group) is 1. The van der Waals surface area contributed by atoms with Crippen LogP contribution >= 0.6 is 11.8 Å². The summed E-state index contributed by atoms with van der Waals surface area (Å²) in [6.45, 7) is 2.94. The summed E-state index contributed by atoms with van der Waals surface area (Å²) < 4.78 is 6.90. The third-order valence-corrected chi connectivity index (χ3v) is 5.91. The number of para-hydroxylation sites is 1. The topological polar surface area (TPSA) is 84.7 Å². The molecule has 2 aromatic rings. The fraction of sp³-hybridized carbons (Fsp3) is 0.455. The van der Waals surface area contributed by atoms with Gasteiger partial charge in [-0.25, -0.2) is 4.98 Å². The van der Waals surface area contributed by atoms with E-state index >= 15 is 0 Å². The molecule has 1 saturated heterocycles. The molecule has 0 radical (unpaired) electrons. The number of carbonyl (C=O) groups is 3. The van der Waals surface area contributed by atoms with Gasteiger partial charge in [0.2, 0.25) is 5.91 Å². The van der Waals surface area contributed by atoms with Crippen LogP contribution in [0.25, 0.3) is 5.69 Å². The number of piperidine rings is 1. The van der Waals surface area contributed by atoms with E-state index in [4.69, 9.17) is 4.74 Å². The number of esters is 1. The maximum absolute atomic E-state index is 13.2. The van der Waals surface area contributed by atoms with Crippen LogP contribution in [-0.2, 0) is 14.3 Å². The highest BCUT2D eigenvalue weighted by atomic mass is 32.2. The SMILES string of the molecule is CCOC(=O)C1CCCN(C(=O)CN(C)C(=O)c2cnc(SC)n2-c2ccccc2)C1. The van der Waals surface area contributed by atoms with Crippen molar-refractivity contribution in [3.8, 4) is 5.69 Å². The van der Waals surface area contributed by atoms with Crippen LogP contribution in [0.4, 0.5) is 0 Å². The quantitative estimate of drug-likeness (QED) is 0.482. The van der Waals surface area contributed by atoms with Crippen molar-refractivity contribution in [3.05, 3.63) is 42.2 Å². The van der Waals surface area contributed by atoms with Crippen LogP contribution < -0.4 is 0 Å². The van der Waals surface area contributed by atoms with Gasteiger partial charge in [-0.1, -0.05) is 30.0 Å². The number of hydrogen-bond acceptors (Lipinski definition) is 6. The summed E-state index contributed by atoms with van der Waals surface area (Å²) in [7, 11) is 1.61. The number of amides is 2. The summed E-state index contributed by atoms with van der Waals surface area (Å²) in [6.07, 6.45) is 4.90. The minimum atomic E-state index is -0.303. The second kappa shape index (κ2) is 10.5. The smallest absolute Gasteiger partial charge is 0.310 e. The summed E-state index contributed by atoms with van der Waals surface area (Å²) in [5, 5.41) is 0.697. The van der Waals surface area contributed by atoms with Crippen LogP contribution in [0.1, 0.15) is 30.3 Å². The zero-order chi connectivity index (χ0) is 22.4. The second-order valence-corrected chi connectivity index (χ2v) is 8.17. The number of imidazole rings is 1. The first-order valence-electron chi connectivity index (χ1n) is 10.3. The van der Waals surface area contributed by atoms with Crippen molar-refractivity contribution < 1.29 is 19.1 Å². The molecule has 0 aliphatic carbocycles. The molecule has 0 N–H and O–H groups in total. The molecule has 2 heterocycles. The minimum absolute atomic E-state index is 0.0665. The summed E-state index contributed by atoms with van der Waals surface area (Å²) >= 11 is 1.45. The number of ether oxygens (including phenoxy) is 1. The third-order valence-electron chi connectivity index (χ3n) is 5.26. The lowest BCUT2D eigenvalue weighted by molar-refractivity contribution is -0.151. The molecule has 31 heavy (non-hydrogen) atoms. The molecule has 166 valence electrons. The van der Waals surface area contributed by atoms with Gasteiger partial charge in [0.1, 0.15) is 5.69 Å². The summed E-state index contributed by atoms with van der Waals surface area (Å²) in [6, 6.07) is 9.53. The molecule has 1 aromatic heterocycles. The Labute approximate surface area is 186 Å². The molecule has 1 fully saturated rings. The first-order chi connectivity index (χ1) is 15.0. The van der Waals surface area contributed by atoms with Gasteiger partial charge in [0.25, 0.3) is 5.91 Å². The van der Waals surface area contributed by atoms with Crippen LogP contribution in [-0.4, -0.2) is 76.7 Å². The number of carbonyl (C=O) groups excluding carboxylic acids is 3. The maximum atomic E-state index is 13.2. The Morgan fingerprint density at radius 3 is 2.68 bits per heavy atom. The van der Waals surface area contributed by atoms with Crippen LogP contribution in [0.15, 0.2) is 41.7 Å². The zero-order valence-corrected chi connectivity index (χ0v) is 18.9. The van der Waals surface area contributed by atoms with Gasteiger partial charge in [-0.2, -0.15) is 0 Å². The number of thioether (sulfide) groups is 1. The van der Waals surface area contributed by atoms with E-state index in [1.807, 2.05) is 36.6 Å². The van der Waals surface area contributed by atoms with Crippen molar-refractivity contribution >= 4 is 29.5 Å². The lowest BCUT2D eigenvalue weighted by Gasteiger charge is -2.32. The van der Waals surface area contributed by atoms with E-state index in [0.29, 0.717) is 37.0 Å². The zero-order valence-electron chi connectivity index (χ0n) is 18.1. The van der Waals surface area contributed by atoms with Gasteiger partial charge in [0.05, 0.1) is 25.3 Å². The van der Waals surface area contributed by atoms with Gasteiger partial charge < -0.3 is 14.5 Å². The summed E-state index contributed by atoms with van der Waals surface area (Å²) in [4.78, 5) is 45.5. The van der Waals surface area contributed by atoms with E-state index in [-0.39, 0.29) is 30.2 Å². The first-order valence-corrected chi connectivity index (χ1v) is 11.6. The Balaban J connectivity index is 1.71. The molecule has 1 aliphatic rings. The maximum Gasteiger partial charge on any atom is 0.310 e. The predicted molar refractivity (Wildman–Crippen MR) is 118 cm³/mol. The molecule has 0 bridgehead atoms. The fourth-order valence-electron chi connectivity index (χ4n) is 3.68. The molecule has 9 heteroatoms. The second-order valence-electron chi connectivity index (χ2n) is 7.39. The Morgan fingerprint density at radius 1 is 1.26 bits per heavy atom. The summed E-state index contributed by atoms with van der Waals surface area (Å²) in [5.74, 6) is -1.03. The van der Waals surface area contributed by atoms with Crippen LogP contribution in [0.5, 0.6) is 0 Å². The number of likely N-dealkylation sites (tertiary alicyclic amines) is 1. The van der Waals surface area contributed by atoms with Crippen LogP contribution in [0.2, 0.25) is 0 Å². The van der Waals surface area contributed by atoms with Gasteiger partial charge in [-0.3, -0.25) is 19.0 Å². The number of hydrogen-bond donors (Lipinski definition) is 0. The van der Waals surface area contributed by atoms with Crippen LogP contribution in [0, 0.1) is 5.92 Å². The van der Waals surface area contributed by atoms with Crippen molar-refractivity contribution in [1.29, 1.82) is 0 Å². The average Bonchev–Trinajstić information content (AvgIpc) is 3.23. The van der Waals surface area contributed by atoms with Gasteiger partial charge in [-0.15, -0.1) is 0 Å². The average molecular weight is 445 g/mol. The molecule has 1 atom stereocenters. The van der Waals surface area contributed by atoms with Crippen molar-refractivity contribution in [2.75, 3.05) is 39.5 Å². The Hall–Kier alpha value is -2.81. The molecule has 1 aromatic carbocycles. The highest BCUT2D eigenvalue weighted by Gasteiger charge is 2.30. The number of nitrogens with zero attached hydrogens (tertiary/aromatic N) is 4. The van der Waals surface area contributed by atoms with Gasteiger partial charge >= 0.3 is 5.97 Å². The van der Waals surface area contributed by atoms with E-state index in [9.17, 15) is 14.4 Å². The predicted octanol–water partition coefficient (Wildman–Crippen LogP) is 2.47. The molecule has 1 aliphatic heterocycles. The standard InChI is InChI=1S/C22H28N4O4S/c1-4-30-21(29)16-9-8-12-25(14-16)19(27)15-24(2)20(28)18-13-23-22(31-3)26(18)17-10-6-5-7-11-17/h5-7,10-11,13,16H,4,8-9,12,14-15H2,1-3H3. The lowest BCUT2D eigenvalue weighted by atomic mass is 9.98. The third kappa shape index (κ3) is 5.28. The first kappa shape index (κ1) is 22.9. The van der Waals surface area contributed by atoms with Crippen molar-refractivity contribution in [1.82, 2.24) is 19.4 Å². The Morgan fingerprint density at radius 2 is 2.00 bits per heavy atom. The number of benzene rings is 1. The number of rotatable bonds is 7. The van der Waals surface area contributed by atoms with Crippen molar-refractivity contribution in [2.24, 2.45) is 5.92 Å². The summed E-state index contributed by atoms with van der Waals surface area (Å²) in [5.41, 5.74) is 1.23. The highest BCUT2D eigenvalue weighted by molar-refractivity contribution is 7.98. The molecular formula is C22H28N4O4S. The van der Waals surface area contributed by atoms with Gasteiger partial charge in [0, 0.05) is 25.8 Å². The normalized spacial score (nSPS) is 16.1. The Bertz CT molecular complexity index is 931. The minimum Gasteiger partial charge on any atom is -0.466 e. The van der Waals surface area contributed by atoms with Crippen LogP contribution in [0.3, 0.4) is 0 Å². The highest BCUT2D eigenvalue weighted by Crippen LogP contribution is 2.23. The monoisotopic (exact) mass is 444 g/mol.